The van der Waals surface area contributed by atoms with Crippen LogP contribution in [0.25, 0.3) is 0 Å². The average molecular weight is 216 g/mol. The number of nitrogens with zero attached hydrogens (tertiary/aromatic N) is 1. The summed E-state index contributed by atoms with van der Waals surface area (Å²) in [5.41, 5.74) is 5.89. The normalized spacial score (nSPS) is 10.6. The van der Waals surface area contributed by atoms with Gasteiger partial charge in [0.05, 0.1) is 13.2 Å². The van der Waals surface area contributed by atoms with Crippen LogP contribution < -0.4 is 11.1 Å². The molecule has 0 spiro atoms. The van der Waals surface area contributed by atoms with Gasteiger partial charge in [0.1, 0.15) is 13.1 Å². The fourth-order valence-corrected chi connectivity index (χ4v) is 1.05. The largest absolute Gasteiger partial charge is 0.394 e. The molecular formula is C10H22N3O2+. The van der Waals surface area contributed by atoms with Crippen molar-refractivity contribution in [2.45, 2.75) is 0 Å². The van der Waals surface area contributed by atoms with Crippen molar-refractivity contribution in [1.82, 2.24) is 5.32 Å². The fraction of sp³-hybridized carbons (Fsp3) is 0.700. The molecule has 0 aromatic rings. The molecule has 5 nitrogen and oxygen atoms in total. The predicted octanol–water partition coefficient (Wildman–Crippen LogP) is -0.618. The molecule has 0 aliphatic heterocycles. The monoisotopic (exact) mass is 216 g/mol. The molecule has 0 heterocycles. The van der Waals surface area contributed by atoms with E-state index in [0.717, 1.165) is 13.1 Å². The van der Waals surface area contributed by atoms with E-state index in [2.05, 4.69) is 5.32 Å². The molecule has 0 saturated carbocycles. The molecule has 0 aliphatic rings. The van der Waals surface area contributed by atoms with Gasteiger partial charge in [0, 0.05) is 33.5 Å². The molecular weight excluding hydrogens is 194 g/mol. The van der Waals surface area contributed by atoms with Gasteiger partial charge in [-0.1, -0.05) is 0 Å². The van der Waals surface area contributed by atoms with Crippen LogP contribution in [0.1, 0.15) is 0 Å². The van der Waals surface area contributed by atoms with E-state index in [1.807, 2.05) is 17.7 Å². The summed E-state index contributed by atoms with van der Waals surface area (Å²) in [5.74, 6) is 0.707. The SMILES string of the molecule is CN/C=C\C(N)=[N+](CCOC)CCOC. The molecule has 3 N–H and O–H groups in total. The summed E-state index contributed by atoms with van der Waals surface area (Å²) < 4.78 is 12.0. The number of nitrogens with one attached hydrogen (secondary N) is 1. The molecule has 0 aromatic heterocycles. The Morgan fingerprint density at radius 2 is 1.80 bits per heavy atom. The number of rotatable bonds is 8. The van der Waals surface area contributed by atoms with Crippen LogP contribution in [0, 0.1) is 0 Å². The summed E-state index contributed by atoms with van der Waals surface area (Å²) in [6.45, 7) is 2.83. The van der Waals surface area contributed by atoms with E-state index in [1.54, 1.807) is 20.4 Å². The molecule has 0 amide bonds. The van der Waals surface area contributed by atoms with E-state index in [9.17, 15) is 0 Å². The number of hydrogen-bond acceptors (Lipinski definition) is 3. The van der Waals surface area contributed by atoms with Crippen molar-refractivity contribution in [3.63, 3.8) is 0 Å². The lowest BCUT2D eigenvalue weighted by Gasteiger charge is -2.07. The zero-order chi connectivity index (χ0) is 11.5. The van der Waals surface area contributed by atoms with Crippen molar-refractivity contribution in [2.24, 2.45) is 5.73 Å². The van der Waals surface area contributed by atoms with Crippen LogP contribution in [0.2, 0.25) is 0 Å². The van der Waals surface area contributed by atoms with Crippen LogP contribution in [0.3, 0.4) is 0 Å². The lowest BCUT2D eigenvalue weighted by Crippen LogP contribution is -2.32. The summed E-state index contributed by atoms with van der Waals surface area (Å²) in [5, 5.41) is 2.90. The van der Waals surface area contributed by atoms with Crippen molar-refractivity contribution in [1.29, 1.82) is 0 Å². The predicted molar refractivity (Wildman–Crippen MR) is 61.1 cm³/mol. The smallest absolute Gasteiger partial charge is 0.269 e. The fourth-order valence-electron chi connectivity index (χ4n) is 1.05. The van der Waals surface area contributed by atoms with Crippen molar-refractivity contribution < 1.29 is 14.0 Å². The van der Waals surface area contributed by atoms with Crippen molar-refractivity contribution in [3.8, 4) is 0 Å². The van der Waals surface area contributed by atoms with Gasteiger partial charge in [-0.25, -0.2) is 0 Å². The van der Waals surface area contributed by atoms with Crippen molar-refractivity contribution in [2.75, 3.05) is 47.6 Å². The highest BCUT2D eigenvalue weighted by molar-refractivity contribution is 5.86. The maximum absolute atomic E-state index is 5.89. The van der Waals surface area contributed by atoms with Gasteiger partial charge in [-0.05, 0) is 0 Å². The zero-order valence-corrected chi connectivity index (χ0v) is 9.82. The van der Waals surface area contributed by atoms with E-state index in [-0.39, 0.29) is 0 Å². The van der Waals surface area contributed by atoms with Gasteiger partial charge in [-0.2, -0.15) is 0 Å². The maximum Gasteiger partial charge on any atom is 0.269 e. The highest BCUT2D eigenvalue weighted by Crippen LogP contribution is 1.82. The van der Waals surface area contributed by atoms with Crippen LogP contribution in [0.4, 0.5) is 0 Å². The van der Waals surface area contributed by atoms with Crippen LogP contribution in [-0.2, 0) is 9.47 Å². The van der Waals surface area contributed by atoms with Crippen molar-refractivity contribution >= 4 is 5.84 Å². The molecule has 0 atom stereocenters. The first kappa shape index (κ1) is 13.9. The first-order chi connectivity index (χ1) is 7.26. The first-order valence-electron chi connectivity index (χ1n) is 4.95. The molecule has 0 saturated heterocycles. The second-order valence-corrected chi connectivity index (χ2v) is 3.02. The molecule has 0 aliphatic carbocycles. The third-order valence-electron chi connectivity index (χ3n) is 1.92. The average Bonchev–Trinajstić information content (AvgIpc) is 2.26. The van der Waals surface area contributed by atoms with Gasteiger partial charge in [0.15, 0.2) is 0 Å². The van der Waals surface area contributed by atoms with Crippen molar-refractivity contribution in [3.05, 3.63) is 12.3 Å². The van der Waals surface area contributed by atoms with E-state index >= 15 is 0 Å². The number of hydrogen-bond donors (Lipinski definition) is 2. The summed E-state index contributed by atoms with van der Waals surface area (Å²) in [7, 11) is 5.18. The molecule has 0 unspecified atom stereocenters. The Balaban J connectivity index is 4.34. The minimum absolute atomic E-state index is 0.651. The topological polar surface area (TPSA) is 59.5 Å². The number of nitrogens with two attached hydrogens (primary N) is 1. The van der Waals surface area contributed by atoms with Gasteiger partial charge < -0.3 is 14.8 Å². The van der Waals surface area contributed by atoms with E-state index in [1.165, 1.54) is 0 Å². The van der Waals surface area contributed by atoms with E-state index < -0.39 is 0 Å². The molecule has 0 rings (SSSR count). The first-order valence-corrected chi connectivity index (χ1v) is 4.95. The quantitative estimate of drug-likeness (QED) is 0.322. The Morgan fingerprint density at radius 3 is 2.20 bits per heavy atom. The molecule has 0 radical (unpaired) electrons. The second kappa shape index (κ2) is 9.48. The summed E-state index contributed by atoms with van der Waals surface area (Å²) in [4.78, 5) is 0. The highest BCUT2D eigenvalue weighted by Gasteiger charge is 2.05. The molecule has 0 bridgehead atoms. The highest BCUT2D eigenvalue weighted by atomic mass is 16.5. The zero-order valence-electron chi connectivity index (χ0n) is 9.82. The summed E-state index contributed by atoms with van der Waals surface area (Å²) in [6, 6.07) is 0. The number of amidine groups is 1. The van der Waals surface area contributed by atoms with Crippen LogP contribution in [0.15, 0.2) is 12.3 Å². The Morgan fingerprint density at radius 1 is 1.27 bits per heavy atom. The molecule has 5 heteroatoms. The number of ether oxygens (including phenoxy) is 2. The van der Waals surface area contributed by atoms with Gasteiger partial charge >= 0.3 is 0 Å². The summed E-state index contributed by atoms with van der Waals surface area (Å²) >= 11 is 0. The van der Waals surface area contributed by atoms with Gasteiger partial charge in [-0.3, -0.25) is 10.3 Å². The van der Waals surface area contributed by atoms with Gasteiger partial charge in [-0.15, -0.1) is 0 Å². The second-order valence-electron chi connectivity index (χ2n) is 3.02. The Kier molecular flexibility index (Phi) is 8.81. The Bertz CT molecular complexity index is 205. The van der Waals surface area contributed by atoms with Crippen LogP contribution in [-0.4, -0.2) is 58.0 Å². The van der Waals surface area contributed by atoms with Gasteiger partial charge in [0.2, 0.25) is 0 Å². The van der Waals surface area contributed by atoms with E-state index in [0.29, 0.717) is 19.0 Å². The minimum atomic E-state index is 0.651. The summed E-state index contributed by atoms with van der Waals surface area (Å²) in [6.07, 6.45) is 3.62. The Labute approximate surface area is 91.6 Å². The third-order valence-corrected chi connectivity index (χ3v) is 1.92. The lowest BCUT2D eigenvalue weighted by molar-refractivity contribution is -0.533. The standard InChI is InChI=1S/C10H21N3O2/c1-12-5-4-10(11)13(6-8-14-2)7-9-15-3/h4-5H,6-9H2,1-3H3,(H2,11,12)/p+1. The molecule has 15 heavy (non-hydrogen) atoms. The Hall–Kier alpha value is -1.07. The van der Waals surface area contributed by atoms with Gasteiger partial charge in [0.25, 0.3) is 5.84 Å². The number of methoxy groups -OCH3 is 2. The maximum atomic E-state index is 5.89. The molecule has 0 fully saturated rings. The third kappa shape index (κ3) is 6.93. The molecule has 0 aromatic carbocycles. The van der Waals surface area contributed by atoms with Crippen LogP contribution >= 0.6 is 0 Å². The van der Waals surface area contributed by atoms with Crippen LogP contribution in [0.5, 0.6) is 0 Å². The minimum Gasteiger partial charge on any atom is -0.394 e. The lowest BCUT2D eigenvalue weighted by atomic mass is 10.4. The molecule has 88 valence electrons. The van der Waals surface area contributed by atoms with E-state index in [4.69, 9.17) is 15.2 Å².